The lowest BCUT2D eigenvalue weighted by Crippen LogP contribution is -2.19. The summed E-state index contributed by atoms with van der Waals surface area (Å²) in [5.74, 6) is 0.977. The van der Waals surface area contributed by atoms with Gasteiger partial charge < -0.3 is 0 Å². The first-order chi connectivity index (χ1) is 6.81. The molecule has 1 saturated carbocycles. The summed E-state index contributed by atoms with van der Waals surface area (Å²) in [5, 5.41) is 0. The molecule has 0 atom stereocenters. The number of rotatable bonds is 1. The van der Waals surface area contributed by atoms with Crippen LogP contribution in [-0.4, -0.2) is 9.97 Å². The molecule has 0 spiro atoms. The quantitative estimate of drug-likeness (QED) is 0.702. The van der Waals surface area contributed by atoms with Crippen LogP contribution in [0.15, 0.2) is 6.07 Å². The monoisotopic (exact) mass is 204 g/mol. The summed E-state index contributed by atoms with van der Waals surface area (Å²) in [4.78, 5) is 9.26. The molecule has 1 heterocycles. The van der Waals surface area contributed by atoms with Gasteiger partial charge in [0.05, 0.1) is 5.69 Å². The van der Waals surface area contributed by atoms with Crippen molar-refractivity contribution in [2.75, 3.05) is 0 Å². The fourth-order valence-corrected chi connectivity index (χ4v) is 1.66. The highest BCUT2D eigenvalue weighted by molar-refractivity contribution is 5.26. The molecule has 1 aliphatic carbocycles. The van der Waals surface area contributed by atoms with Gasteiger partial charge in [0.2, 0.25) is 0 Å². The lowest BCUT2D eigenvalue weighted by molar-refractivity contribution is 0.533. The van der Waals surface area contributed by atoms with E-state index in [1.54, 1.807) is 0 Å². The van der Waals surface area contributed by atoms with Crippen LogP contribution in [0.3, 0.4) is 0 Å². The zero-order chi connectivity index (χ0) is 11.3. The third-order valence-corrected chi connectivity index (χ3v) is 3.14. The van der Waals surface area contributed by atoms with Crippen LogP contribution in [0.4, 0.5) is 0 Å². The van der Waals surface area contributed by atoms with E-state index in [9.17, 15) is 0 Å². The molecule has 1 aromatic heterocycles. The molecule has 15 heavy (non-hydrogen) atoms. The normalized spacial score (nSPS) is 19.0. The first-order valence-corrected chi connectivity index (χ1v) is 5.68. The predicted molar refractivity (Wildman–Crippen MR) is 62.1 cm³/mol. The Morgan fingerprint density at radius 3 is 2.27 bits per heavy atom. The van der Waals surface area contributed by atoms with Gasteiger partial charge in [-0.1, -0.05) is 27.7 Å². The Bertz CT molecular complexity index is 361. The summed E-state index contributed by atoms with van der Waals surface area (Å²) in [6, 6.07) is 2.14. The van der Waals surface area contributed by atoms with E-state index in [1.165, 1.54) is 18.5 Å². The molecule has 1 aromatic rings. The summed E-state index contributed by atoms with van der Waals surface area (Å²) in [5.41, 5.74) is 2.72. The van der Waals surface area contributed by atoms with Crippen molar-refractivity contribution < 1.29 is 0 Å². The second-order valence-electron chi connectivity index (χ2n) is 6.03. The predicted octanol–water partition coefficient (Wildman–Crippen LogP) is 3.13. The fourth-order valence-electron chi connectivity index (χ4n) is 1.66. The number of hydrogen-bond acceptors (Lipinski definition) is 2. The van der Waals surface area contributed by atoms with Crippen LogP contribution < -0.4 is 0 Å². The van der Waals surface area contributed by atoms with Crippen molar-refractivity contribution in [1.29, 1.82) is 0 Å². The Hall–Kier alpha value is -0.920. The van der Waals surface area contributed by atoms with Gasteiger partial charge in [0.15, 0.2) is 0 Å². The van der Waals surface area contributed by atoms with E-state index in [0.29, 0.717) is 5.41 Å². The van der Waals surface area contributed by atoms with E-state index < -0.39 is 0 Å². The van der Waals surface area contributed by atoms with Crippen LogP contribution in [0.5, 0.6) is 0 Å². The van der Waals surface area contributed by atoms with E-state index in [4.69, 9.17) is 4.98 Å². The van der Waals surface area contributed by atoms with Gasteiger partial charge in [-0.3, -0.25) is 0 Å². The van der Waals surface area contributed by atoms with Crippen molar-refractivity contribution in [3.8, 4) is 0 Å². The molecular weight excluding hydrogens is 184 g/mol. The fraction of sp³-hybridized carbons (Fsp3) is 0.692. The Morgan fingerprint density at radius 1 is 1.20 bits per heavy atom. The summed E-state index contributed by atoms with van der Waals surface area (Å²) < 4.78 is 0. The van der Waals surface area contributed by atoms with Crippen molar-refractivity contribution in [1.82, 2.24) is 9.97 Å². The van der Waals surface area contributed by atoms with Crippen molar-refractivity contribution in [2.24, 2.45) is 0 Å². The smallest absolute Gasteiger partial charge is 0.134 e. The molecule has 0 bridgehead atoms. The van der Waals surface area contributed by atoms with Gasteiger partial charge in [0.25, 0.3) is 0 Å². The zero-order valence-electron chi connectivity index (χ0n) is 10.4. The minimum absolute atomic E-state index is 0.0476. The molecule has 2 heteroatoms. The van der Waals surface area contributed by atoms with Crippen molar-refractivity contribution in [3.63, 3.8) is 0 Å². The summed E-state index contributed by atoms with van der Waals surface area (Å²) in [7, 11) is 0. The average molecular weight is 204 g/mol. The van der Waals surface area contributed by atoms with Gasteiger partial charge in [0.1, 0.15) is 5.82 Å². The molecule has 0 amide bonds. The molecule has 0 aliphatic heterocycles. The van der Waals surface area contributed by atoms with Crippen molar-refractivity contribution in [3.05, 3.63) is 23.3 Å². The van der Waals surface area contributed by atoms with Gasteiger partial charge in [0, 0.05) is 16.5 Å². The molecule has 2 nitrogen and oxygen atoms in total. The van der Waals surface area contributed by atoms with Gasteiger partial charge in [-0.25, -0.2) is 9.97 Å². The van der Waals surface area contributed by atoms with Crippen LogP contribution in [0, 0.1) is 6.92 Å². The SMILES string of the molecule is Cc1cc(C2(C)CC2)nc(C(C)(C)C)n1. The highest BCUT2D eigenvalue weighted by Gasteiger charge is 2.41. The van der Waals surface area contributed by atoms with Gasteiger partial charge in [-0.2, -0.15) is 0 Å². The Kier molecular flexibility index (Phi) is 2.14. The van der Waals surface area contributed by atoms with E-state index in [0.717, 1.165) is 11.5 Å². The number of hydrogen-bond donors (Lipinski definition) is 0. The first kappa shape index (κ1) is 10.6. The molecule has 0 radical (unpaired) electrons. The van der Waals surface area contributed by atoms with Gasteiger partial charge in [-0.05, 0) is 25.8 Å². The minimum atomic E-state index is 0.0476. The maximum atomic E-state index is 4.73. The van der Waals surface area contributed by atoms with Crippen LogP contribution >= 0.6 is 0 Å². The summed E-state index contributed by atoms with van der Waals surface area (Å²) in [6.07, 6.45) is 2.54. The second-order valence-corrected chi connectivity index (χ2v) is 6.03. The second kappa shape index (κ2) is 3.03. The third kappa shape index (κ3) is 2.04. The summed E-state index contributed by atoms with van der Waals surface area (Å²) >= 11 is 0. The molecular formula is C13H20N2. The lowest BCUT2D eigenvalue weighted by Gasteiger charge is -2.19. The Labute approximate surface area is 92.1 Å². The van der Waals surface area contributed by atoms with Crippen LogP contribution in [-0.2, 0) is 10.8 Å². The number of aryl methyl sites for hydroxylation is 1. The first-order valence-electron chi connectivity index (χ1n) is 5.68. The standard InChI is InChI=1S/C13H20N2/c1-9-8-10(13(5)6-7-13)15-11(14-9)12(2,3)4/h8H,6-7H2,1-5H3. The van der Waals surface area contributed by atoms with Crippen LogP contribution in [0.1, 0.15) is 57.7 Å². The van der Waals surface area contributed by atoms with Gasteiger partial charge in [-0.15, -0.1) is 0 Å². The van der Waals surface area contributed by atoms with E-state index in [-0.39, 0.29) is 5.41 Å². The third-order valence-electron chi connectivity index (χ3n) is 3.14. The van der Waals surface area contributed by atoms with E-state index in [1.807, 2.05) is 0 Å². The maximum absolute atomic E-state index is 4.73. The molecule has 1 fully saturated rings. The number of aromatic nitrogens is 2. The van der Waals surface area contributed by atoms with Crippen LogP contribution in [0.2, 0.25) is 0 Å². The minimum Gasteiger partial charge on any atom is -0.238 e. The Morgan fingerprint density at radius 2 is 1.80 bits per heavy atom. The topological polar surface area (TPSA) is 25.8 Å². The average Bonchev–Trinajstić information content (AvgIpc) is 2.82. The summed E-state index contributed by atoms with van der Waals surface area (Å²) in [6.45, 7) is 10.9. The lowest BCUT2D eigenvalue weighted by atomic mass is 9.94. The highest BCUT2D eigenvalue weighted by atomic mass is 14.9. The molecule has 82 valence electrons. The zero-order valence-corrected chi connectivity index (χ0v) is 10.4. The van der Waals surface area contributed by atoms with E-state index in [2.05, 4.69) is 45.7 Å². The van der Waals surface area contributed by atoms with Crippen molar-refractivity contribution in [2.45, 2.75) is 58.3 Å². The Balaban J connectivity index is 2.46. The molecule has 0 unspecified atom stereocenters. The molecule has 2 rings (SSSR count). The maximum Gasteiger partial charge on any atom is 0.134 e. The largest absolute Gasteiger partial charge is 0.238 e. The molecule has 0 N–H and O–H groups in total. The van der Waals surface area contributed by atoms with E-state index >= 15 is 0 Å². The van der Waals surface area contributed by atoms with Crippen molar-refractivity contribution >= 4 is 0 Å². The van der Waals surface area contributed by atoms with Gasteiger partial charge >= 0.3 is 0 Å². The highest BCUT2D eigenvalue weighted by Crippen LogP contribution is 2.47. The molecule has 0 aromatic carbocycles. The number of nitrogens with zero attached hydrogens (tertiary/aromatic N) is 2. The molecule has 1 aliphatic rings. The molecule has 0 saturated heterocycles. The van der Waals surface area contributed by atoms with Crippen LogP contribution in [0.25, 0.3) is 0 Å².